The SMILES string of the molecule is CCOC(=O)C=CC(=O)CCC(C)CCCC(C)C. The van der Waals surface area contributed by atoms with E-state index in [0.29, 0.717) is 18.9 Å². The molecule has 0 aromatic heterocycles. The Bertz CT molecular complexity index is 292. The third kappa shape index (κ3) is 11.7. The molecular formula is C16H28O3. The number of rotatable bonds is 10. The molecule has 0 saturated heterocycles. The number of hydrogen-bond donors (Lipinski definition) is 0. The second-order valence-corrected chi connectivity index (χ2v) is 5.52. The molecule has 0 aliphatic carbocycles. The van der Waals surface area contributed by atoms with Gasteiger partial charge in [-0.05, 0) is 31.3 Å². The van der Waals surface area contributed by atoms with Crippen LogP contribution < -0.4 is 0 Å². The summed E-state index contributed by atoms with van der Waals surface area (Å²) >= 11 is 0. The first-order chi connectivity index (χ1) is 8.95. The second kappa shape index (κ2) is 10.8. The molecule has 3 heteroatoms. The lowest BCUT2D eigenvalue weighted by molar-refractivity contribution is -0.137. The number of hydrogen-bond acceptors (Lipinski definition) is 3. The minimum absolute atomic E-state index is 0.00348. The van der Waals surface area contributed by atoms with E-state index in [0.717, 1.165) is 12.3 Å². The van der Waals surface area contributed by atoms with Gasteiger partial charge in [-0.1, -0.05) is 40.0 Å². The first-order valence-electron chi connectivity index (χ1n) is 7.33. The summed E-state index contributed by atoms with van der Waals surface area (Å²) in [5, 5.41) is 0. The summed E-state index contributed by atoms with van der Waals surface area (Å²) in [6, 6.07) is 0. The molecule has 0 saturated carbocycles. The lowest BCUT2D eigenvalue weighted by Crippen LogP contribution is -2.03. The normalized spacial score (nSPS) is 12.9. The Morgan fingerprint density at radius 3 is 2.32 bits per heavy atom. The van der Waals surface area contributed by atoms with Crippen LogP contribution in [0.25, 0.3) is 0 Å². The van der Waals surface area contributed by atoms with Gasteiger partial charge in [0.1, 0.15) is 0 Å². The minimum Gasteiger partial charge on any atom is -0.463 e. The van der Waals surface area contributed by atoms with Crippen LogP contribution in [-0.4, -0.2) is 18.4 Å². The van der Waals surface area contributed by atoms with E-state index >= 15 is 0 Å². The van der Waals surface area contributed by atoms with Crippen LogP contribution in [0.3, 0.4) is 0 Å². The molecule has 0 aliphatic rings. The fraction of sp³-hybridized carbons (Fsp3) is 0.750. The van der Waals surface area contributed by atoms with Gasteiger partial charge in [0.15, 0.2) is 5.78 Å². The molecule has 0 spiro atoms. The van der Waals surface area contributed by atoms with Gasteiger partial charge in [0.25, 0.3) is 0 Å². The highest BCUT2D eigenvalue weighted by molar-refractivity contribution is 5.95. The molecule has 110 valence electrons. The van der Waals surface area contributed by atoms with Crippen molar-refractivity contribution in [3.05, 3.63) is 12.2 Å². The maximum atomic E-state index is 11.5. The Morgan fingerprint density at radius 1 is 1.05 bits per heavy atom. The van der Waals surface area contributed by atoms with Crippen molar-refractivity contribution in [1.82, 2.24) is 0 Å². The fourth-order valence-corrected chi connectivity index (χ4v) is 1.84. The maximum absolute atomic E-state index is 11.5. The molecule has 3 nitrogen and oxygen atoms in total. The lowest BCUT2D eigenvalue weighted by Gasteiger charge is -2.11. The number of carbonyl (C=O) groups is 2. The Kier molecular flexibility index (Phi) is 10.1. The van der Waals surface area contributed by atoms with Crippen molar-refractivity contribution in [3.8, 4) is 0 Å². The summed E-state index contributed by atoms with van der Waals surface area (Å²) in [4.78, 5) is 22.6. The van der Waals surface area contributed by atoms with Crippen molar-refractivity contribution in [2.75, 3.05) is 6.61 Å². The van der Waals surface area contributed by atoms with Gasteiger partial charge in [-0.3, -0.25) is 4.79 Å². The Hall–Kier alpha value is -1.12. The zero-order valence-corrected chi connectivity index (χ0v) is 12.8. The van der Waals surface area contributed by atoms with Gasteiger partial charge in [0.05, 0.1) is 6.61 Å². The standard InChI is InChI=1S/C16H28O3/c1-5-19-16(18)12-11-15(17)10-9-14(4)8-6-7-13(2)3/h11-14H,5-10H2,1-4H3. The number of ether oxygens (including phenoxy) is 1. The first kappa shape index (κ1) is 17.9. The van der Waals surface area contributed by atoms with Gasteiger partial charge in [0.2, 0.25) is 0 Å². The molecule has 0 aliphatic heterocycles. The minimum atomic E-state index is -0.444. The predicted molar refractivity (Wildman–Crippen MR) is 77.9 cm³/mol. The van der Waals surface area contributed by atoms with E-state index < -0.39 is 5.97 Å². The summed E-state index contributed by atoms with van der Waals surface area (Å²) in [5.41, 5.74) is 0. The van der Waals surface area contributed by atoms with Crippen LogP contribution in [0, 0.1) is 11.8 Å². The second-order valence-electron chi connectivity index (χ2n) is 5.52. The summed E-state index contributed by atoms with van der Waals surface area (Å²) in [6.07, 6.45) is 7.61. The molecule has 0 rings (SSSR count). The summed E-state index contributed by atoms with van der Waals surface area (Å²) in [6.45, 7) is 8.72. The van der Waals surface area contributed by atoms with Gasteiger partial charge in [-0.25, -0.2) is 4.79 Å². The zero-order chi connectivity index (χ0) is 14.7. The van der Waals surface area contributed by atoms with Gasteiger partial charge >= 0.3 is 5.97 Å². The van der Waals surface area contributed by atoms with Crippen LogP contribution >= 0.6 is 0 Å². The van der Waals surface area contributed by atoms with E-state index in [1.807, 2.05) is 0 Å². The van der Waals surface area contributed by atoms with Crippen LogP contribution in [0.5, 0.6) is 0 Å². The quantitative estimate of drug-likeness (QED) is 0.445. The molecule has 0 fully saturated rings. The summed E-state index contributed by atoms with van der Waals surface area (Å²) in [7, 11) is 0. The summed E-state index contributed by atoms with van der Waals surface area (Å²) < 4.78 is 4.72. The fourth-order valence-electron chi connectivity index (χ4n) is 1.84. The number of esters is 1. The van der Waals surface area contributed by atoms with Crippen LogP contribution in [0.2, 0.25) is 0 Å². The van der Waals surface area contributed by atoms with E-state index in [-0.39, 0.29) is 5.78 Å². The molecule has 19 heavy (non-hydrogen) atoms. The molecule has 0 heterocycles. The van der Waals surface area contributed by atoms with Crippen molar-refractivity contribution >= 4 is 11.8 Å². The molecule has 0 aromatic carbocycles. The highest BCUT2D eigenvalue weighted by Gasteiger charge is 2.06. The molecule has 0 radical (unpaired) electrons. The van der Waals surface area contributed by atoms with Crippen molar-refractivity contribution in [2.45, 2.75) is 59.8 Å². The van der Waals surface area contributed by atoms with Crippen molar-refractivity contribution in [1.29, 1.82) is 0 Å². The van der Waals surface area contributed by atoms with E-state index in [2.05, 4.69) is 20.8 Å². The highest BCUT2D eigenvalue weighted by Crippen LogP contribution is 2.16. The Morgan fingerprint density at radius 2 is 1.74 bits per heavy atom. The predicted octanol–water partition coefficient (Wildman–Crippen LogP) is 3.92. The molecule has 0 aromatic rings. The number of allylic oxidation sites excluding steroid dienone is 1. The van der Waals surface area contributed by atoms with Crippen molar-refractivity contribution in [3.63, 3.8) is 0 Å². The van der Waals surface area contributed by atoms with Gasteiger partial charge in [0, 0.05) is 12.5 Å². The smallest absolute Gasteiger partial charge is 0.330 e. The molecule has 0 bridgehead atoms. The first-order valence-corrected chi connectivity index (χ1v) is 7.33. The van der Waals surface area contributed by atoms with Gasteiger partial charge in [-0.2, -0.15) is 0 Å². The largest absolute Gasteiger partial charge is 0.463 e. The summed E-state index contributed by atoms with van der Waals surface area (Å²) in [5.74, 6) is 0.879. The molecule has 0 amide bonds. The maximum Gasteiger partial charge on any atom is 0.330 e. The van der Waals surface area contributed by atoms with Gasteiger partial charge < -0.3 is 4.74 Å². The van der Waals surface area contributed by atoms with E-state index in [9.17, 15) is 9.59 Å². The van der Waals surface area contributed by atoms with E-state index in [4.69, 9.17) is 4.74 Å². The monoisotopic (exact) mass is 268 g/mol. The lowest BCUT2D eigenvalue weighted by atomic mass is 9.95. The number of carbonyl (C=O) groups excluding carboxylic acids is 2. The van der Waals surface area contributed by atoms with Crippen LogP contribution in [-0.2, 0) is 14.3 Å². The molecule has 1 atom stereocenters. The Balaban J connectivity index is 3.74. The van der Waals surface area contributed by atoms with Crippen molar-refractivity contribution in [2.24, 2.45) is 11.8 Å². The molecular weight excluding hydrogens is 240 g/mol. The average molecular weight is 268 g/mol. The zero-order valence-electron chi connectivity index (χ0n) is 12.8. The Labute approximate surface area is 117 Å². The van der Waals surface area contributed by atoms with E-state index in [1.165, 1.54) is 31.4 Å². The van der Waals surface area contributed by atoms with Crippen LogP contribution in [0.1, 0.15) is 59.8 Å². The van der Waals surface area contributed by atoms with E-state index in [1.54, 1.807) is 6.92 Å². The molecule has 0 N–H and O–H groups in total. The topological polar surface area (TPSA) is 43.4 Å². The van der Waals surface area contributed by atoms with Crippen LogP contribution in [0.15, 0.2) is 12.2 Å². The molecule has 1 unspecified atom stereocenters. The van der Waals surface area contributed by atoms with Crippen LogP contribution in [0.4, 0.5) is 0 Å². The van der Waals surface area contributed by atoms with Gasteiger partial charge in [-0.15, -0.1) is 0 Å². The third-order valence-electron chi connectivity index (χ3n) is 3.05. The number of ketones is 1. The van der Waals surface area contributed by atoms with Crippen molar-refractivity contribution < 1.29 is 14.3 Å². The average Bonchev–Trinajstić information content (AvgIpc) is 2.33. The third-order valence-corrected chi connectivity index (χ3v) is 3.05. The highest BCUT2D eigenvalue weighted by atomic mass is 16.5.